The average Bonchev–Trinajstić information content (AvgIpc) is 3.38. The largest absolute Gasteiger partial charge is 0.394 e. The molecule has 2 saturated heterocycles. The molecule has 9 N–H and O–H groups in total. The zero-order chi connectivity index (χ0) is 52.4. The van der Waals surface area contributed by atoms with Crippen LogP contribution in [0.3, 0.4) is 0 Å². The third-order valence-electron chi connectivity index (χ3n) is 14.3. The topological polar surface area (TPSA) is 228 Å². The van der Waals surface area contributed by atoms with Gasteiger partial charge in [0.05, 0.1) is 32.0 Å². The molecule has 12 unspecified atom stereocenters. The van der Waals surface area contributed by atoms with E-state index in [1.54, 1.807) is 6.08 Å². The number of nitrogens with one attached hydrogen (secondary N) is 1. The molecule has 0 aromatic carbocycles. The summed E-state index contributed by atoms with van der Waals surface area (Å²) in [5, 5.41) is 86.9. The third kappa shape index (κ3) is 30.1. The van der Waals surface area contributed by atoms with E-state index in [2.05, 4.69) is 43.5 Å². The van der Waals surface area contributed by atoms with Crippen LogP contribution in [0.5, 0.6) is 0 Å². The minimum atomic E-state index is -1.79. The number of carbonyl (C=O) groups is 1. The number of amides is 1. The normalized spacial score (nSPS) is 25.8. The molecule has 2 rings (SSSR count). The molecule has 12 atom stereocenters. The summed E-state index contributed by atoms with van der Waals surface area (Å²) < 4.78 is 22.7. The molecule has 14 heteroatoms. The third-order valence-corrected chi connectivity index (χ3v) is 14.3. The van der Waals surface area contributed by atoms with Gasteiger partial charge >= 0.3 is 0 Å². The summed E-state index contributed by atoms with van der Waals surface area (Å²) in [6.45, 7) is 2.77. The van der Waals surface area contributed by atoms with Gasteiger partial charge in [-0.05, 0) is 57.8 Å². The van der Waals surface area contributed by atoms with Crippen LogP contribution in [0.25, 0.3) is 0 Å². The lowest BCUT2D eigenvalue weighted by Crippen LogP contribution is -2.65. The number of aliphatic hydroxyl groups is 8. The number of allylic oxidation sites excluding steroid dienone is 5. The molecule has 2 heterocycles. The van der Waals surface area contributed by atoms with Gasteiger partial charge in [0.15, 0.2) is 12.6 Å². The molecule has 14 nitrogen and oxygen atoms in total. The van der Waals surface area contributed by atoms with E-state index in [0.717, 1.165) is 51.4 Å². The first-order valence-corrected chi connectivity index (χ1v) is 29.2. The predicted octanol–water partition coefficient (Wildman–Crippen LogP) is 9.44. The second-order valence-electron chi connectivity index (χ2n) is 20.8. The first-order valence-electron chi connectivity index (χ1n) is 29.2. The van der Waals surface area contributed by atoms with E-state index in [1.165, 1.54) is 148 Å². The van der Waals surface area contributed by atoms with Crippen LogP contribution in [-0.4, -0.2) is 140 Å². The zero-order valence-electron chi connectivity index (χ0n) is 45.2. The molecule has 0 saturated carbocycles. The molecule has 0 bridgehead atoms. The molecule has 0 aromatic heterocycles. The van der Waals surface area contributed by atoms with Crippen molar-refractivity contribution in [1.82, 2.24) is 5.32 Å². The second-order valence-corrected chi connectivity index (χ2v) is 20.8. The summed E-state index contributed by atoms with van der Waals surface area (Å²) >= 11 is 0. The van der Waals surface area contributed by atoms with E-state index in [1.807, 2.05) is 6.08 Å². The van der Waals surface area contributed by atoms with Crippen molar-refractivity contribution in [3.8, 4) is 0 Å². The lowest BCUT2D eigenvalue weighted by molar-refractivity contribution is -0.359. The first-order chi connectivity index (χ1) is 35.1. The second kappa shape index (κ2) is 44.3. The van der Waals surface area contributed by atoms with Gasteiger partial charge in [-0.3, -0.25) is 4.79 Å². The minimum Gasteiger partial charge on any atom is -0.394 e. The zero-order valence-corrected chi connectivity index (χ0v) is 45.2. The highest BCUT2D eigenvalue weighted by Crippen LogP contribution is 2.30. The average molecular weight is 1030 g/mol. The fourth-order valence-electron chi connectivity index (χ4n) is 9.54. The van der Waals surface area contributed by atoms with Crippen molar-refractivity contribution in [2.75, 3.05) is 19.8 Å². The Morgan fingerprint density at radius 2 is 0.889 bits per heavy atom. The Kier molecular flexibility index (Phi) is 40.9. The molecule has 2 aliphatic rings. The Labute approximate surface area is 436 Å². The van der Waals surface area contributed by atoms with Crippen LogP contribution >= 0.6 is 0 Å². The van der Waals surface area contributed by atoms with Gasteiger partial charge in [-0.25, -0.2) is 0 Å². The number of hydrogen-bond donors (Lipinski definition) is 9. The van der Waals surface area contributed by atoms with Gasteiger partial charge < -0.3 is 65.1 Å². The summed E-state index contributed by atoms with van der Waals surface area (Å²) in [5.41, 5.74) is 0. The van der Waals surface area contributed by atoms with E-state index in [9.17, 15) is 45.6 Å². The lowest BCUT2D eigenvalue weighted by Gasteiger charge is -2.46. The Morgan fingerprint density at radius 3 is 1.36 bits per heavy atom. The monoisotopic (exact) mass is 1030 g/mol. The highest BCUT2D eigenvalue weighted by atomic mass is 16.7. The molecular formula is C58H107NO13. The highest BCUT2D eigenvalue weighted by Gasteiger charge is 2.51. The molecule has 0 aromatic rings. The maximum atomic E-state index is 13.2. The van der Waals surface area contributed by atoms with Crippen LogP contribution in [0.15, 0.2) is 36.5 Å². The van der Waals surface area contributed by atoms with E-state index in [4.69, 9.17) is 18.9 Å². The first kappa shape index (κ1) is 66.3. The smallest absolute Gasteiger partial charge is 0.220 e. The Hall–Kier alpha value is -1.79. The van der Waals surface area contributed by atoms with E-state index >= 15 is 0 Å². The maximum Gasteiger partial charge on any atom is 0.220 e. The van der Waals surface area contributed by atoms with Gasteiger partial charge in [0.1, 0.15) is 48.8 Å². The van der Waals surface area contributed by atoms with E-state index < -0.39 is 86.8 Å². The predicted molar refractivity (Wildman–Crippen MR) is 286 cm³/mol. The number of ether oxygens (including phenoxy) is 4. The summed E-state index contributed by atoms with van der Waals surface area (Å²) in [6, 6.07) is -0.934. The quantitative estimate of drug-likeness (QED) is 0.0205. The van der Waals surface area contributed by atoms with Gasteiger partial charge in [0.25, 0.3) is 0 Å². The summed E-state index contributed by atoms with van der Waals surface area (Å²) in [7, 11) is 0. The van der Waals surface area contributed by atoms with Crippen molar-refractivity contribution in [3.63, 3.8) is 0 Å². The molecule has 2 fully saturated rings. The number of aliphatic hydroxyl groups excluding tert-OH is 8. The molecule has 0 spiro atoms. The molecule has 0 radical (unpaired) electrons. The van der Waals surface area contributed by atoms with Gasteiger partial charge in [0.2, 0.25) is 5.91 Å². The fraction of sp³-hybridized carbons (Fsp3) is 0.879. The Balaban J connectivity index is 1.78. The Bertz CT molecular complexity index is 1350. The minimum absolute atomic E-state index is 0.258. The van der Waals surface area contributed by atoms with Gasteiger partial charge in [-0.1, -0.05) is 204 Å². The molecule has 72 heavy (non-hydrogen) atoms. The van der Waals surface area contributed by atoms with Gasteiger partial charge in [-0.2, -0.15) is 0 Å². The molecule has 2 aliphatic heterocycles. The van der Waals surface area contributed by atoms with Crippen molar-refractivity contribution in [3.05, 3.63) is 36.5 Å². The maximum absolute atomic E-state index is 13.2. The number of rotatable bonds is 46. The number of unbranched alkanes of at least 4 members (excludes halogenated alkanes) is 29. The van der Waals surface area contributed by atoms with Crippen LogP contribution in [0.1, 0.15) is 232 Å². The van der Waals surface area contributed by atoms with Crippen LogP contribution in [-0.2, 0) is 23.7 Å². The van der Waals surface area contributed by atoms with Crippen molar-refractivity contribution >= 4 is 5.91 Å². The molecule has 1 amide bonds. The van der Waals surface area contributed by atoms with Crippen molar-refractivity contribution in [2.24, 2.45) is 0 Å². The number of hydrogen-bond acceptors (Lipinski definition) is 13. The SMILES string of the molecule is CCCCCCC/C=C\CCCCCCCC(=O)NC(COC1OC(CO)C(OC2OC(CO)C(O)C(O)C2O)C(O)C1O)C(O)/C=C/CC/C=C/CCCCCCCCCCCCCCCCCCCC. The number of carbonyl (C=O) groups excluding carboxylic acids is 1. The molecule has 0 aliphatic carbocycles. The van der Waals surface area contributed by atoms with Gasteiger partial charge in [-0.15, -0.1) is 0 Å². The summed E-state index contributed by atoms with van der Waals surface area (Å²) in [6.07, 6.45) is 36.2. The Morgan fingerprint density at radius 1 is 0.486 bits per heavy atom. The van der Waals surface area contributed by atoms with Gasteiger partial charge in [0, 0.05) is 6.42 Å². The fourth-order valence-corrected chi connectivity index (χ4v) is 9.54. The van der Waals surface area contributed by atoms with E-state index in [-0.39, 0.29) is 18.9 Å². The van der Waals surface area contributed by atoms with Crippen LogP contribution in [0.2, 0.25) is 0 Å². The van der Waals surface area contributed by atoms with Crippen LogP contribution in [0.4, 0.5) is 0 Å². The summed E-state index contributed by atoms with van der Waals surface area (Å²) in [4.78, 5) is 13.2. The summed E-state index contributed by atoms with van der Waals surface area (Å²) in [5.74, 6) is -0.258. The van der Waals surface area contributed by atoms with Crippen molar-refractivity contribution in [2.45, 2.75) is 306 Å². The van der Waals surface area contributed by atoms with Crippen molar-refractivity contribution < 1.29 is 64.6 Å². The van der Waals surface area contributed by atoms with E-state index in [0.29, 0.717) is 12.8 Å². The van der Waals surface area contributed by atoms with Crippen LogP contribution < -0.4 is 5.32 Å². The highest BCUT2D eigenvalue weighted by molar-refractivity contribution is 5.76. The van der Waals surface area contributed by atoms with Crippen molar-refractivity contribution in [1.29, 1.82) is 0 Å². The molecule has 422 valence electrons. The standard InChI is InChI=1S/C58H107NO13/c1-3-5-7-9-11-13-15-17-19-20-21-22-23-24-25-26-27-28-29-31-33-35-37-39-41-47(62)46(59-50(63)42-40-38-36-34-32-30-18-16-14-12-10-8-6-4-2)45-69-57-55(68)53(66)56(49(44-61)71-57)72-58-54(67)52(65)51(64)48(43-60)70-58/h16,18,31,33,39,41,46-49,51-58,60-62,64-68H,3-15,17,19-30,32,34-38,40,42-45H2,1-2H3,(H,59,63)/b18-16-,33-31+,41-39+. The lowest BCUT2D eigenvalue weighted by atomic mass is 9.97. The van der Waals surface area contributed by atoms with Crippen LogP contribution in [0, 0.1) is 0 Å². The molecular weight excluding hydrogens is 919 g/mol.